The highest BCUT2D eigenvalue weighted by Gasteiger charge is 2.36. The fourth-order valence-electron chi connectivity index (χ4n) is 3.07. The number of amides is 1. The van der Waals surface area contributed by atoms with Gasteiger partial charge in [0, 0.05) is 18.1 Å². The maximum absolute atomic E-state index is 13.1. The summed E-state index contributed by atoms with van der Waals surface area (Å²) >= 11 is 0. The van der Waals surface area contributed by atoms with Crippen LogP contribution < -0.4 is 4.74 Å². The Labute approximate surface area is 169 Å². The van der Waals surface area contributed by atoms with E-state index in [1.54, 1.807) is 48.5 Å². The highest BCUT2D eigenvalue weighted by atomic mass is 16.5. The zero-order valence-electron chi connectivity index (χ0n) is 16.4. The van der Waals surface area contributed by atoms with Crippen molar-refractivity contribution in [1.29, 1.82) is 0 Å². The second-order valence-corrected chi connectivity index (χ2v) is 6.43. The van der Waals surface area contributed by atoms with Gasteiger partial charge in [-0.2, -0.15) is 0 Å². The first-order chi connectivity index (χ1) is 14.0. The number of methoxy groups -OCH3 is 1. The Hall–Kier alpha value is -3.67. The molecular weight excluding hydrogens is 368 g/mol. The van der Waals surface area contributed by atoms with Gasteiger partial charge in [0.25, 0.3) is 5.91 Å². The Bertz CT molecular complexity index is 976. The molecule has 0 fully saturated rings. The number of benzene rings is 1. The molecule has 6 heteroatoms. The molecule has 0 saturated heterocycles. The smallest absolute Gasteiger partial charge is 0.340 e. The van der Waals surface area contributed by atoms with Gasteiger partial charge in [-0.3, -0.25) is 9.78 Å². The highest BCUT2D eigenvalue weighted by Crippen LogP contribution is 2.33. The first kappa shape index (κ1) is 20.1. The van der Waals surface area contributed by atoms with Gasteiger partial charge in [0.15, 0.2) is 0 Å². The fraction of sp³-hybridized carbons (Fsp3) is 0.174. The molecule has 3 rings (SSSR count). The minimum atomic E-state index is -0.540. The van der Waals surface area contributed by atoms with Crippen molar-refractivity contribution >= 4 is 18.0 Å². The number of rotatable bonds is 7. The van der Waals surface area contributed by atoms with E-state index in [-0.39, 0.29) is 11.5 Å². The van der Waals surface area contributed by atoms with Crippen LogP contribution in [0.25, 0.3) is 6.08 Å². The summed E-state index contributed by atoms with van der Waals surface area (Å²) in [6.45, 7) is 6.10. The summed E-state index contributed by atoms with van der Waals surface area (Å²) in [7, 11) is 1.31. The molecule has 1 aromatic carbocycles. The van der Waals surface area contributed by atoms with Gasteiger partial charge in [-0.1, -0.05) is 30.9 Å². The molecule has 0 atom stereocenters. The molecule has 0 radical (unpaired) electrons. The minimum Gasteiger partial charge on any atom is -0.490 e. The summed E-state index contributed by atoms with van der Waals surface area (Å²) in [6, 6.07) is 10.9. The number of nitrogens with zero attached hydrogens (tertiary/aromatic N) is 2. The van der Waals surface area contributed by atoms with Crippen molar-refractivity contribution in [2.75, 3.05) is 13.7 Å². The molecule has 2 aromatic rings. The molecule has 0 spiro atoms. The van der Waals surface area contributed by atoms with Gasteiger partial charge in [-0.15, -0.1) is 0 Å². The van der Waals surface area contributed by atoms with Crippen molar-refractivity contribution in [3.8, 4) is 5.75 Å². The maximum Gasteiger partial charge on any atom is 0.340 e. The fourth-order valence-corrected chi connectivity index (χ4v) is 3.07. The molecule has 0 N–H and O–H groups in total. The van der Waals surface area contributed by atoms with Gasteiger partial charge in [0.05, 0.1) is 24.8 Å². The Morgan fingerprint density at radius 1 is 1.24 bits per heavy atom. The van der Waals surface area contributed by atoms with Gasteiger partial charge in [0.1, 0.15) is 12.4 Å². The van der Waals surface area contributed by atoms with Crippen LogP contribution in [0.4, 0.5) is 0 Å². The van der Waals surface area contributed by atoms with Gasteiger partial charge >= 0.3 is 5.97 Å². The van der Waals surface area contributed by atoms with E-state index in [0.29, 0.717) is 30.2 Å². The van der Waals surface area contributed by atoms with Gasteiger partial charge in [-0.05, 0) is 42.3 Å². The van der Waals surface area contributed by atoms with Crippen LogP contribution in [0.1, 0.15) is 18.1 Å². The van der Waals surface area contributed by atoms with E-state index in [1.807, 2.05) is 24.3 Å². The number of hydrogen-bond donors (Lipinski definition) is 0. The molecular formula is C23H22N2O4. The van der Waals surface area contributed by atoms with Crippen molar-refractivity contribution in [2.24, 2.45) is 0 Å². The van der Waals surface area contributed by atoms with E-state index < -0.39 is 5.97 Å². The SMILES string of the molecule is C=CCOc1ccc(/C=C2\C(=O)N(Cc3cccnc3)C(C)=C2C(=O)OC)cc1. The van der Waals surface area contributed by atoms with E-state index >= 15 is 0 Å². The number of allylic oxidation sites excluding steroid dienone is 1. The van der Waals surface area contributed by atoms with Crippen molar-refractivity contribution in [3.05, 3.63) is 89.4 Å². The molecule has 1 aromatic heterocycles. The largest absolute Gasteiger partial charge is 0.490 e. The van der Waals surface area contributed by atoms with E-state index in [0.717, 1.165) is 11.1 Å². The van der Waals surface area contributed by atoms with Crippen LogP contribution in [-0.4, -0.2) is 35.5 Å². The van der Waals surface area contributed by atoms with Gasteiger partial charge in [-0.25, -0.2) is 4.79 Å². The molecule has 0 bridgehead atoms. The molecule has 2 heterocycles. The first-order valence-electron chi connectivity index (χ1n) is 9.11. The summed E-state index contributed by atoms with van der Waals surface area (Å²) in [5.41, 5.74) is 2.78. The third kappa shape index (κ3) is 4.43. The zero-order valence-corrected chi connectivity index (χ0v) is 16.4. The lowest BCUT2D eigenvalue weighted by Gasteiger charge is -2.17. The summed E-state index contributed by atoms with van der Waals surface area (Å²) in [4.78, 5) is 31.2. The van der Waals surface area contributed by atoms with Gasteiger partial charge in [0.2, 0.25) is 0 Å². The maximum atomic E-state index is 13.1. The number of hydrogen-bond acceptors (Lipinski definition) is 5. The molecule has 1 aliphatic rings. The lowest BCUT2D eigenvalue weighted by atomic mass is 10.0. The number of pyridine rings is 1. The number of ether oxygens (including phenoxy) is 2. The highest BCUT2D eigenvalue weighted by molar-refractivity contribution is 6.16. The molecule has 1 amide bonds. The van der Waals surface area contributed by atoms with Crippen LogP contribution >= 0.6 is 0 Å². The average molecular weight is 390 g/mol. The Morgan fingerprint density at radius 2 is 2.00 bits per heavy atom. The lowest BCUT2D eigenvalue weighted by Crippen LogP contribution is -2.24. The Kier molecular flexibility index (Phi) is 6.24. The lowest BCUT2D eigenvalue weighted by molar-refractivity contribution is -0.136. The van der Waals surface area contributed by atoms with Crippen molar-refractivity contribution in [1.82, 2.24) is 9.88 Å². The van der Waals surface area contributed by atoms with Crippen LogP contribution in [0.5, 0.6) is 5.75 Å². The van der Waals surface area contributed by atoms with Crippen LogP contribution in [0, 0.1) is 0 Å². The number of esters is 1. The molecule has 0 unspecified atom stereocenters. The van der Waals surface area contributed by atoms with E-state index in [9.17, 15) is 9.59 Å². The third-order valence-corrected chi connectivity index (χ3v) is 4.52. The minimum absolute atomic E-state index is 0.251. The van der Waals surface area contributed by atoms with E-state index in [4.69, 9.17) is 9.47 Å². The van der Waals surface area contributed by atoms with E-state index in [2.05, 4.69) is 11.6 Å². The summed E-state index contributed by atoms with van der Waals surface area (Å²) in [5.74, 6) is -0.0941. The monoisotopic (exact) mass is 390 g/mol. The second kappa shape index (κ2) is 9.01. The van der Waals surface area contributed by atoms with E-state index in [1.165, 1.54) is 7.11 Å². The summed E-state index contributed by atoms with van der Waals surface area (Å²) in [5, 5.41) is 0. The predicted octanol–water partition coefficient (Wildman–Crippen LogP) is 3.52. The third-order valence-electron chi connectivity index (χ3n) is 4.52. The summed E-state index contributed by atoms with van der Waals surface area (Å²) < 4.78 is 10.4. The quantitative estimate of drug-likeness (QED) is 0.411. The molecule has 0 saturated carbocycles. The Balaban J connectivity index is 1.93. The van der Waals surface area contributed by atoms with Crippen molar-refractivity contribution < 1.29 is 19.1 Å². The first-order valence-corrected chi connectivity index (χ1v) is 9.11. The van der Waals surface area contributed by atoms with Crippen LogP contribution in [0.3, 0.4) is 0 Å². The molecule has 0 aliphatic carbocycles. The average Bonchev–Trinajstić information content (AvgIpc) is 2.97. The predicted molar refractivity (Wildman–Crippen MR) is 110 cm³/mol. The number of carbonyl (C=O) groups is 2. The molecule has 148 valence electrons. The van der Waals surface area contributed by atoms with Crippen LogP contribution in [0.15, 0.2) is 78.3 Å². The van der Waals surface area contributed by atoms with Crippen molar-refractivity contribution in [3.63, 3.8) is 0 Å². The van der Waals surface area contributed by atoms with Crippen molar-refractivity contribution in [2.45, 2.75) is 13.5 Å². The number of aromatic nitrogens is 1. The van der Waals surface area contributed by atoms with Gasteiger partial charge < -0.3 is 14.4 Å². The van der Waals surface area contributed by atoms with Crippen LogP contribution in [-0.2, 0) is 20.9 Å². The summed E-state index contributed by atoms with van der Waals surface area (Å²) in [6.07, 6.45) is 6.73. The molecule has 6 nitrogen and oxygen atoms in total. The Morgan fingerprint density at radius 3 is 2.62 bits per heavy atom. The number of carbonyl (C=O) groups excluding carboxylic acids is 2. The topological polar surface area (TPSA) is 68.7 Å². The molecule has 29 heavy (non-hydrogen) atoms. The normalized spacial score (nSPS) is 15.0. The second-order valence-electron chi connectivity index (χ2n) is 6.43. The zero-order chi connectivity index (χ0) is 20.8. The molecule has 1 aliphatic heterocycles. The van der Waals surface area contributed by atoms with Crippen LogP contribution in [0.2, 0.25) is 0 Å². The standard InChI is InChI=1S/C23H22N2O4/c1-4-12-29-19-9-7-17(8-10-19)13-20-21(23(27)28-3)16(2)25(22(20)26)15-18-6-5-11-24-14-18/h4-11,13-14H,1,12,15H2,2-3H3/b20-13-.